The van der Waals surface area contributed by atoms with Crippen molar-refractivity contribution in [3.05, 3.63) is 28.8 Å². The van der Waals surface area contributed by atoms with Crippen LogP contribution in [0.5, 0.6) is 5.75 Å². The molecule has 2 heteroatoms. The quantitative estimate of drug-likeness (QED) is 0.709. The van der Waals surface area contributed by atoms with Gasteiger partial charge in [-0.2, -0.15) is 0 Å². The standard InChI is InChI=1S/C16H24O2/c1-6-13-7-8-14(11(2)3)15(16(13)18-5)12(4)9-10-17/h7-8,10-12H,6,9H2,1-5H3. The maximum Gasteiger partial charge on any atom is 0.125 e. The number of aldehydes is 1. The van der Waals surface area contributed by atoms with Gasteiger partial charge in [0.15, 0.2) is 0 Å². The van der Waals surface area contributed by atoms with Gasteiger partial charge in [-0.25, -0.2) is 0 Å². The zero-order valence-electron chi connectivity index (χ0n) is 12.1. The summed E-state index contributed by atoms with van der Waals surface area (Å²) in [6.07, 6.45) is 2.48. The number of ether oxygens (including phenoxy) is 1. The van der Waals surface area contributed by atoms with Gasteiger partial charge >= 0.3 is 0 Å². The monoisotopic (exact) mass is 248 g/mol. The molecule has 0 saturated carbocycles. The van der Waals surface area contributed by atoms with Gasteiger partial charge in [0, 0.05) is 12.0 Å². The highest BCUT2D eigenvalue weighted by Gasteiger charge is 2.20. The van der Waals surface area contributed by atoms with Crippen molar-refractivity contribution in [2.75, 3.05) is 7.11 Å². The summed E-state index contributed by atoms with van der Waals surface area (Å²) in [6.45, 7) is 8.58. The average molecular weight is 248 g/mol. The van der Waals surface area contributed by atoms with Gasteiger partial charge in [0.05, 0.1) is 7.11 Å². The molecule has 0 N–H and O–H groups in total. The van der Waals surface area contributed by atoms with Crippen LogP contribution in [0.3, 0.4) is 0 Å². The number of hydrogen-bond donors (Lipinski definition) is 0. The number of aryl methyl sites for hydroxylation is 1. The van der Waals surface area contributed by atoms with E-state index in [1.807, 2.05) is 0 Å². The van der Waals surface area contributed by atoms with Gasteiger partial charge in [-0.1, -0.05) is 39.8 Å². The Balaban J connectivity index is 3.42. The summed E-state index contributed by atoms with van der Waals surface area (Å²) in [5, 5.41) is 0. The minimum absolute atomic E-state index is 0.210. The fourth-order valence-electron chi connectivity index (χ4n) is 2.45. The van der Waals surface area contributed by atoms with Crippen molar-refractivity contribution in [2.24, 2.45) is 0 Å². The van der Waals surface area contributed by atoms with Crippen molar-refractivity contribution in [2.45, 2.75) is 52.4 Å². The number of rotatable bonds is 6. The van der Waals surface area contributed by atoms with Crippen molar-refractivity contribution in [3.63, 3.8) is 0 Å². The van der Waals surface area contributed by atoms with Gasteiger partial charge in [-0.3, -0.25) is 0 Å². The van der Waals surface area contributed by atoms with Crippen molar-refractivity contribution < 1.29 is 9.53 Å². The Bertz CT molecular complexity index is 408. The van der Waals surface area contributed by atoms with Crippen molar-refractivity contribution >= 4 is 6.29 Å². The summed E-state index contributed by atoms with van der Waals surface area (Å²) in [7, 11) is 1.72. The fourth-order valence-corrected chi connectivity index (χ4v) is 2.45. The molecule has 2 nitrogen and oxygen atoms in total. The highest BCUT2D eigenvalue weighted by molar-refractivity contribution is 5.56. The van der Waals surface area contributed by atoms with Gasteiger partial charge in [-0.15, -0.1) is 0 Å². The first-order chi connectivity index (χ1) is 8.56. The van der Waals surface area contributed by atoms with Crippen LogP contribution in [0, 0.1) is 0 Å². The zero-order valence-corrected chi connectivity index (χ0v) is 12.1. The normalized spacial score (nSPS) is 12.6. The van der Waals surface area contributed by atoms with E-state index in [0.717, 1.165) is 18.5 Å². The van der Waals surface area contributed by atoms with Crippen LogP contribution in [-0.4, -0.2) is 13.4 Å². The topological polar surface area (TPSA) is 26.3 Å². The average Bonchev–Trinajstić information content (AvgIpc) is 2.36. The van der Waals surface area contributed by atoms with Crippen LogP contribution in [-0.2, 0) is 11.2 Å². The molecular weight excluding hydrogens is 224 g/mol. The van der Waals surface area contributed by atoms with Crippen LogP contribution in [0.2, 0.25) is 0 Å². The second-order valence-corrected chi connectivity index (χ2v) is 5.07. The lowest BCUT2D eigenvalue weighted by atomic mass is 9.85. The summed E-state index contributed by atoms with van der Waals surface area (Å²) in [5.41, 5.74) is 3.71. The molecule has 0 saturated heterocycles. The molecule has 100 valence electrons. The molecule has 1 rings (SSSR count). The van der Waals surface area contributed by atoms with E-state index in [2.05, 4.69) is 39.8 Å². The summed E-state index contributed by atoms with van der Waals surface area (Å²) in [4.78, 5) is 10.8. The maximum atomic E-state index is 10.8. The van der Waals surface area contributed by atoms with Crippen molar-refractivity contribution in [3.8, 4) is 5.75 Å². The molecule has 1 unspecified atom stereocenters. The number of methoxy groups -OCH3 is 1. The molecule has 0 bridgehead atoms. The Morgan fingerprint density at radius 2 is 1.94 bits per heavy atom. The molecule has 0 amide bonds. The van der Waals surface area contributed by atoms with Crippen LogP contribution >= 0.6 is 0 Å². The van der Waals surface area contributed by atoms with Crippen molar-refractivity contribution in [1.82, 2.24) is 0 Å². The smallest absolute Gasteiger partial charge is 0.125 e. The lowest BCUT2D eigenvalue weighted by molar-refractivity contribution is -0.108. The van der Waals surface area contributed by atoms with Crippen LogP contribution in [0.25, 0.3) is 0 Å². The van der Waals surface area contributed by atoms with Crippen molar-refractivity contribution in [1.29, 1.82) is 0 Å². The third-order valence-corrected chi connectivity index (χ3v) is 3.46. The molecule has 0 heterocycles. The second-order valence-electron chi connectivity index (χ2n) is 5.07. The lowest BCUT2D eigenvalue weighted by Gasteiger charge is -2.22. The summed E-state index contributed by atoms with van der Waals surface area (Å²) < 4.78 is 5.61. The Morgan fingerprint density at radius 3 is 2.39 bits per heavy atom. The van der Waals surface area contributed by atoms with Crippen LogP contribution in [0.1, 0.15) is 62.6 Å². The summed E-state index contributed by atoms with van der Waals surface area (Å²) >= 11 is 0. The van der Waals surface area contributed by atoms with E-state index >= 15 is 0 Å². The zero-order chi connectivity index (χ0) is 13.7. The molecule has 18 heavy (non-hydrogen) atoms. The van der Waals surface area contributed by atoms with Gasteiger partial charge in [0.2, 0.25) is 0 Å². The van der Waals surface area contributed by atoms with E-state index in [9.17, 15) is 4.79 Å². The minimum atomic E-state index is 0.210. The Labute approximate surface area is 110 Å². The first-order valence-electron chi connectivity index (χ1n) is 6.70. The molecule has 0 aliphatic rings. The predicted molar refractivity (Wildman–Crippen MR) is 75.6 cm³/mol. The number of carbonyl (C=O) groups excluding carboxylic acids is 1. The largest absolute Gasteiger partial charge is 0.496 e. The highest BCUT2D eigenvalue weighted by Crippen LogP contribution is 2.38. The van der Waals surface area contributed by atoms with E-state index in [1.54, 1.807) is 7.11 Å². The minimum Gasteiger partial charge on any atom is -0.496 e. The molecule has 0 aliphatic heterocycles. The van der Waals surface area contributed by atoms with Gasteiger partial charge in [0.25, 0.3) is 0 Å². The van der Waals surface area contributed by atoms with Crippen LogP contribution < -0.4 is 4.74 Å². The molecule has 0 spiro atoms. The fraction of sp³-hybridized carbons (Fsp3) is 0.562. The van der Waals surface area contributed by atoms with E-state index < -0.39 is 0 Å². The highest BCUT2D eigenvalue weighted by atomic mass is 16.5. The third kappa shape index (κ3) is 2.92. The Kier molecular flexibility index (Phi) is 5.39. The number of carbonyl (C=O) groups is 1. The number of benzene rings is 1. The molecule has 0 aliphatic carbocycles. The van der Waals surface area contributed by atoms with E-state index in [1.165, 1.54) is 16.7 Å². The lowest BCUT2D eigenvalue weighted by Crippen LogP contribution is -2.07. The third-order valence-electron chi connectivity index (χ3n) is 3.46. The van der Waals surface area contributed by atoms with Crippen LogP contribution in [0.15, 0.2) is 12.1 Å². The molecule has 0 aromatic heterocycles. The Morgan fingerprint density at radius 1 is 1.28 bits per heavy atom. The van der Waals surface area contributed by atoms with E-state index in [4.69, 9.17) is 4.74 Å². The van der Waals surface area contributed by atoms with E-state index in [-0.39, 0.29) is 5.92 Å². The first-order valence-corrected chi connectivity index (χ1v) is 6.70. The van der Waals surface area contributed by atoms with E-state index in [0.29, 0.717) is 12.3 Å². The molecule has 1 atom stereocenters. The first kappa shape index (κ1) is 14.7. The SMILES string of the molecule is CCc1ccc(C(C)C)c(C(C)CC=O)c1OC. The van der Waals surface area contributed by atoms with Gasteiger partial charge in [0.1, 0.15) is 12.0 Å². The molecule has 0 fully saturated rings. The molecular formula is C16H24O2. The predicted octanol–water partition coefficient (Wildman–Crippen LogP) is 4.07. The summed E-state index contributed by atoms with van der Waals surface area (Å²) in [5.74, 6) is 1.62. The molecule has 0 radical (unpaired) electrons. The molecule has 1 aromatic rings. The maximum absolute atomic E-state index is 10.8. The van der Waals surface area contributed by atoms with Crippen LogP contribution in [0.4, 0.5) is 0 Å². The number of hydrogen-bond acceptors (Lipinski definition) is 2. The molecule has 1 aromatic carbocycles. The second kappa shape index (κ2) is 6.58. The summed E-state index contributed by atoms with van der Waals surface area (Å²) in [6, 6.07) is 4.33. The Hall–Kier alpha value is -1.31. The van der Waals surface area contributed by atoms with Gasteiger partial charge < -0.3 is 9.53 Å². The van der Waals surface area contributed by atoms with Gasteiger partial charge in [-0.05, 0) is 29.4 Å².